The van der Waals surface area contributed by atoms with Gasteiger partial charge in [-0.15, -0.1) is 0 Å². The van der Waals surface area contributed by atoms with Crippen LogP contribution in [0.2, 0.25) is 0 Å². The monoisotopic (exact) mass is 226 g/mol. The summed E-state index contributed by atoms with van der Waals surface area (Å²) in [6.07, 6.45) is 6.62. The first kappa shape index (κ1) is 12.3. The first-order valence-corrected chi connectivity index (χ1v) is 6.91. The molecule has 94 valence electrons. The van der Waals surface area contributed by atoms with E-state index in [4.69, 9.17) is 0 Å². The lowest BCUT2D eigenvalue weighted by Crippen LogP contribution is -2.46. The van der Waals surface area contributed by atoms with Gasteiger partial charge in [-0.05, 0) is 44.7 Å². The SMILES string of the molecule is CCC1CCN(CC(CO)NC2CC2)CC1. The molecule has 0 amide bonds. The molecule has 1 unspecified atom stereocenters. The Bertz CT molecular complexity index is 198. The Morgan fingerprint density at radius 3 is 2.44 bits per heavy atom. The van der Waals surface area contributed by atoms with Crippen LogP contribution < -0.4 is 5.32 Å². The van der Waals surface area contributed by atoms with Crippen LogP contribution in [0.15, 0.2) is 0 Å². The predicted molar refractivity (Wildman–Crippen MR) is 66.5 cm³/mol. The van der Waals surface area contributed by atoms with E-state index in [1.165, 1.54) is 45.2 Å². The van der Waals surface area contributed by atoms with Crippen molar-refractivity contribution in [2.75, 3.05) is 26.2 Å². The van der Waals surface area contributed by atoms with Crippen LogP contribution in [0.25, 0.3) is 0 Å². The van der Waals surface area contributed by atoms with Gasteiger partial charge in [-0.25, -0.2) is 0 Å². The fraction of sp³-hybridized carbons (Fsp3) is 1.00. The molecule has 1 heterocycles. The second-order valence-corrected chi connectivity index (χ2v) is 5.47. The fourth-order valence-electron chi connectivity index (χ4n) is 2.64. The lowest BCUT2D eigenvalue weighted by atomic mass is 9.94. The molecule has 0 aromatic heterocycles. The van der Waals surface area contributed by atoms with E-state index in [0.29, 0.717) is 12.1 Å². The van der Waals surface area contributed by atoms with Gasteiger partial charge < -0.3 is 15.3 Å². The van der Waals surface area contributed by atoms with Crippen molar-refractivity contribution in [3.8, 4) is 0 Å². The summed E-state index contributed by atoms with van der Waals surface area (Å²) < 4.78 is 0. The summed E-state index contributed by atoms with van der Waals surface area (Å²) >= 11 is 0. The molecule has 2 rings (SSSR count). The zero-order chi connectivity index (χ0) is 11.4. The quantitative estimate of drug-likeness (QED) is 0.715. The first-order chi connectivity index (χ1) is 7.81. The minimum absolute atomic E-state index is 0.282. The Morgan fingerprint density at radius 1 is 1.25 bits per heavy atom. The van der Waals surface area contributed by atoms with Crippen LogP contribution in [0.1, 0.15) is 39.0 Å². The molecule has 1 atom stereocenters. The van der Waals surface area contributed by atoms with Crippen LogP contribution in [-0.2, 0) is 0 Å². The Kier molecular flexibility index (Phi) is 4.62. The summed E-state index contributed by atoms with van der Waals surface area (Å²) in [5, 5.41) is 12.9. The van der Waals surface area contributed by atoms with E-state index >= 15 is 0 Å². The van der Waals surface area contributed by atoms with E-state index in [2.05, 4.69) is 17.1 Å². The van der Waals surface area contributed by atoms with Crippen LogP contribution in [0.3, 0.4) is 0 Å². The van der Waals surface area contributed by atoms with Crippen molar-refractivity contribution in [2.45, 2.75) is 51.1 Å². The highest BCUT2D eigenvalue weighted by Crippen LogP contribution is 2.21. The van der Waals surface area contributed by atoms with Crippen molar-refractivity contribution in [3.63, 3.8) is 0 Å². The maximum absolute atomic E-state index is 9.34. The van der Waals surface area contributed by atoms with Gasteiger partial charge in [0.25, 0.3) is 0 Å². The molecule has 0 bridgehead atoms. The summed E-state index contributed by atoms with van der Waals surface area (Å²) in [7, 11) is 0. The molecule has 2 N–H and O–H groups in total. The van der Waals surface area contributed by atoms with Crippen LogP contribution in [-0.4, -0.2) is 48.3 Å². The number of nitrogens with zero attached hydrogens (tertiary/aromatic N) is 1. The average Bonchev–Trinajstić information content (AvgIpc) is 3.13. The second kappa shape index (κ2) is 5.99. The summed E-state index contributed by atoms with van der Waals surface area (Å²) in [5.41, 5.74) is 0. The minimum atomic E-state index is 0.282. The van der Waals surface area contributed by atoms with Gasteiger partial charge in [0.15, 0.2) is 0 Å². The van der Waals surface area contributed by atoms with Crippen LogP contribution >= 0.6 is 0 Å². The van der Waals surface area contributed by atoms with E-state index in [1.807, 2.05) is 0 Å². The third-order valence-corrected chi connectivity index (χ3v) is 4.03. The Hall–Kier alpha value is -0.120. The highest BCUT2D eigenvalue weighted by molar-refractivity contribution is 4.86. The van der Waals surface area contributed by atoms with E-state index in [1.54, 1.807) is 0 Å². The van der Waals surface area contributed by atoms with Gasteiger partial charge in [0.1, 0.15) is 0 Å². The Balaban J connectivity index is 1.67. The van der Waals surface area contributed by atoms with Crippen molar-refractivity contribution in [1.29, 1.82) is 0 Å². The molecular formula is C13H26N2O. The molecule has 3 heteroatoms. The normalized spacial score (nSPS) is 25.9. The molecule has 0 radical (unpaired) electrons. The molecule has 3 nitrogen and oxygen atoms in total. The van der Waals surface area contributed by atoms with E-state index in [-0.39, 0.29) is 6.61 Å². The first-order valence-electron chi connectivity index (χ1n) is 6.91. The van der Waals surface area contributed by atoms with Gasteiger partial charge >= 0.3 is 0 Å². The van der Waals surface area contributed by atoms with E-state index in [0.717, 1.165) is 12.5 Å². The number of nitrogens with one attached hydrogen (secondary N) is 1. The van der Waals surface area contributed by atoms with E-state index in [9.17, 15) is 5.11 Å². The summed E-state index contributed by atoms with van der Waals surface area (Å²) in [6, 6.07) is 0.996. The molecule has 0 aromatic carbocycles. The third-order valence-electron chi connectivity index (χ3n) is 4.03. The highest BCUT2D eigenvalue weighted by atomic mass is 16.3. The lowest BCUT2D eigenvalue weighted by Gasteiger charge is -2.33. The van der Waals surface area contributed by atoms with Gasteiger partial charge in [0.05, 0.1) is 6.61 Å². The molecule has 16 heavy (non-hydrogen) atoms. The molecule has 0 spiro atoms. The second-order valence-electron chi connectivity index (χ2n) is 5.47. The number of hydrogen-bond acceptors (Lipinski definition) is 3. The average molecular weight is 226 g/mol. The fourth-order valence-corrected chi connectivity index (χ4v) is 2.64. The molecule has 0 aromatic rings. The predicted octanol–water partition coefficient (Wildman–Crippen LogP) is 1.22. The standard InChI is InChI=1S/C13H26N2O/c1-2-11-5-7-15(8-6-11)9-13(10-16)14-12-3-4-12/h11-14,16H,2-10H2,1H3. The molecule has 2 fully saturated rings. The third kappa shape index (κ3) is 3.72. The maximum atomic E-state index is 9.34. The maximum Gasteiger partial charge on any atom is 0.0597 e. The number of rotatable bonds is 6. The molecule has 1 aliphatic carbocycles. The van der Waals surface area contributed by atoms with Crippen molar-refractivity contribution in [2.24, 2.45) is 5.92 Å². The number of hydrogen-bond donors (Lipinski definition) is 2. The van der Waals surface area contributed by atoms with Crippen molar-refractivity contribution in [1.82, 2.24) is 10.2 Å². The van der Waals surface area contributed by atoms with E-state index < -0.39 is 0 Å². The summed E-state index contributed by atoms with van der Waals surface area (Å²) in [5.74, 6) is 0.945. The molecule has 1 saturated carbocycles. The van der Waals surface area contributed by atoms with Crippen LogP contribution in [0.5, 0.6) is 0 Å². The molecular weight excluding hydrogens is 200 g/mol. The molecule has 2 aliphatic rings. The van der Waals surface area contributed by atoms with Gasteiger partial charge in [0.2, 0.25) is 0 Å². The highest BCUT2D eigenvalue weighted by Gasteiger charge is 2.26. The summed E-state index contributed by atoms with van der Waals surface area (Å²) in [6.45, 7) is 6.06. The largest absolute Gasteiger partial charge is 0.395 e. The van der Waals surface area contributed by atoms with Gasteiger partial charge in [-0.2, -0.15) is 0 Å². The zero-order valence-corrected chi connectivity index (χ0v) is 10.5. The number of aliphatic hydroxyl groups excluding tert-OH is 1. The van der Waals surface area contributed by atoms with Gasteiger partial charge in [-0.1, -0.05) is 13.3 Å². The Morgan fingerprint density at radius 2 is 1.94 bits per heavy atom. The zero-order valence-electron chi connectivity index (χ0n) is 10.5. The lowest BCUT2D eigenvalue weighted by molar-refractivity contribution is 0.140. The molecule has 1 aliphatic heterocycles. The van der Waals surface area contributed by atoms with Gasteiger partial charge in [-0.3, -0.25) is 0 Å². The number of likely N-dealkylation sites (tertiary alicyclic amines) is 1. The van der Waals surface area contributed by atoms with Crippen molar-refractivity contribution < 1.29 is 5.11 Å². The van der Waals surface area contributed by atoms with Crippen molar-refractivity contribution in [3.05, 3.63) is 0 Å². The number of aliphatic hydroxyl groups is 1. The smallest absolute Gasteiger partial charge is 0.0597 e. The Labute approximate surface area is 99.2 Å². The van der Waals surface area contributed by atoms with Crippen LogP contribution in [0.4, 0.5) is 0 Å². The van der Waals surface area contributed by atoms with Gasteiger partial charge in [0, 0.05) is 18.6 Å². The van der Waals surface area contributed by atoms with Crippen molar-refractivity contribution >= 4 is 0 Å². The summed E-state index contributed by atoms with van der Waals surface area (Å²) in [4.78, 5) is 2.52. The number of piperidine rings is 1. The van der Waals surface area contributed by atoms with Crippen LogP contribution in [0, 0.1) is 5.92 Å². The minimum Gasteiger partial charge on any atom is -0.395 e. The molecule has 1 saturated heterocycles. The topological polar surface area (TPSA) is 35.5 Å².